The summed E-state index contributed by atoms with van der Waals surface area (Å²) in [4.78, 5) is 15.9. The SMILES string of the molecule is CC1=NC2=C(CCCC2)C(=O)C1. The molecule has 0 spiro atoms. The quantitative estimate of drug-likeness (QED) is 0.538. The first-order valence-electron chi connectivity index (χ1n) is 4.57. The molecule has 0 N–H and O–H groups in total. The van der Waals surface area contributed by atoms with Crippen molar-refractivity contribution in [2.24, 2.45) is 4.99 Å². The first-order chi connectivity index (χ1) is 5.77. The number of allylic oxidation sites excluding steroid dienone is 2. The van der Waals surface area contributed by atoms with E-state index < -0.39 is 0 Å². The summed E-state index contributed by atoms with van der Waals surface area (Å²) in [6.07, 6.45) is 4.89. The van der Waals surface area contributed by atoms with Crippen LogP contribution in [0, 0.1) is 0 Å². The van der Waals surface area contributed by atoms with Gasteiger partial charge >= 0.3 is 0 Å². The lowest BCUT2D eigenvalue weighted by Crippen LogP contribution is -2.17. The molecule has 0 atom stereocenters. The van der Waals surface area contributed by atoms with Crippen LogP contribution in [-0.4, -0.2) is 11.5 Å². The van der Waals surface area contributed by atoms with Gasteiger partial charge in [0.1, 0.15) is 0 Å². The molecule has 0 unspecified atom stereocenters. The fourth-order valence-electron chi connectivity index (χ4n) is 1.92. The molecule has 1 aliphatic heterocycles. The molecular weight excluding hydrogens is 150 g/mol. The summed E-state index contributed by atoms with van der Waals surface area (Å²) in [5.74, 6) is 0.317. The maximum absolute atomic E-state index is 11.5. The van der Waals surface area contributed by atoms with Crippen molar-refractivity contribution < 1.29 is 4.79 Å². The van der Waals surface area contributed by atoms with Crippen LogP contribution in [0.1, 0.15) is 39.0 Å². The van der Waals surface area contributed by atoms with E-state index in [0.717, 1.165) is 29.8 Å². The van der Waals surface area contributed by atoms with E-state index in [1.807, 2.05) is 6.92 Å². The number of hydrogen-bond acceptors (Lipinski definition) is 2. The van der Waals surface area contributed by atoms with Gasteiger partial charge in [-0.1, -0.05) is 0 Å². The molecular formula is C10H13NO. The van der Waals surface area contributed by atoms with Gasteiger partial charge in [-0.05, 0) is 32.6 Å². The highest BCUT2D eigenvalue weighted by Crippen LogP contribution is 2.29. The van der Waals surface area contributed by atoms with Gasteiger partial charge in [0, 0.05) is 23.4 Å². The van der Waals surface area contributed by atoms with E-state index in [4.69, 9.17) is 0 Å². The minimum Gasteiger partial charge on any atom is -0.294 e. The Kier molecular flexibility index (Phi) is 1.83. The zero-order chi connectivity index (χ0) is 8.55. The van der Waals surface area contributed by atoms with Crippen molar-refractivity contribution in [1.82, 2.24) is 0 Å². The Bertz CT molecular complexity index is 286. The molecule has 12 heavy (non-hydrogen) atoms. The Morgan fingerprint density at radius 1 is 1.25 bits per heavy atom. The summed E-state index contributed by atoms with van der Waals surface area (Å²) in [6, 6.07) is 0. The summed E-state index contributed by atoms with van der Waals surface area (Å²) in [7, 11) is 0. The summed E-state index contributed by atoms with van der Waals surface area (Å²) in [5, 5.41) is 0. The van der Waals surface area contributed by atoms with E-state index in [-0.39, 0.29) is 0 Å². The van der Waals surface area contributed by atoms with Crippen LogP contribution < -0.4 is 0 Å². The van der Waals surface area contributed by atoms with Crippen LogP contribution in [0.2, 0.25) is 0 Å². The molecule has 1 heterocycles. The van der Waals surface area contributed by atoms with Crippen molar-refractivity contribution in [2.75, 3.05) is 0 Å². The van der Waals surface area contributed by atoms with Crippen LogP contribution in [0.15, 0.2) is 16.3 Å². The predicted molar refractivity (Wildman–Crippen MR) is 48.2 cm³/mol. The van der Waals surface area contributed by atoms with E-state index in [1.165, 1.54) is 12.8 Å². The van der Waals surface area contributed by atoms with Gasteiger partial charge < -0.3 is 0 Å². The van der Waals surface area contributed by atoms with Crippen molar-refractivity contribution >= 4 is 11.5 Å². The largest absolute Gasteiger partial charge is 0.294 e. The maximum Gasteiger partial charge on any atom is 0.166 e. The number of ketones is 1. The third-order valence-corrected chi connectivity index (χ3v) is 2.52. The summed E-state index contributed by atoms with van der Waals surface area (Å²) < 4.78 is 0. The van der Waals surface area contributed by atoms with E-state index >= 15 is 0 Å². The first kappa shape index (κ1) is 7.71. The molecule has 0 aromatic rings. The number of carbonyl (C=O) groups is 1. The van der Waals surface area contributed by atoms with Crippen LogP contribution in [-0.2, 0) is 4.79 Å². The Balaban J connectivity index is 2.38. The molecule has 2 aliphatic rings. The fraction of sp³-hybridized carbons (Fsp3) is 0.600. The Morgan fingerprint density at radius 3 is 2.83 bits per heavy atom. The van der Waals surface area contributed by atoms with Crippen LogP contribution >= 0.6 is 0 Å². The molecule has 0 fully saturated rings. The summed E-state index contributed by atoms with van der Waals surface area (Å²) in [6.45, 7) is 1.94. The lowest BCUT2D eigenvalue weighted by molar-refractivity contribution is -0.114. The van der Waals surface area contributed by atoms with Gasteiger partial charge in [-0.2, -0.15) is 0 Å². The topological polar surface area (TPSA) is 29.4 Å². The summed E-state index contributed by atoms with van der Waals surface area (Å²) >= 11 is 0. The average Bonchev–Trinajstić information content (AvgIpc) is 2.04. The number of hydrogen-bond donors (Lipinski definition) is 0. The number of carbonyl (C=O) groups excluding carboxylic acids is 1. The van der Waals surface area contributed by atoms with E-state index in [0.29, 0.717) is 12.2 Å². The van der Waals surface area contributed by atoms with E-state index in [2.05, 4.69) is 4.99 Å². The molecule has 2 heteroatoms. The molecule has 0 saturated carbocycles. The molecule has 1 aliphatic carbocycles. The second kappa shape index (κ2) is 2.85. The highest BCUT2D eigenvalue weighted by atomic mass is 16.1. The van der Waals surface area contributed by atoms with Gasteiger partial charge in [-0.25, -0.2) is 0 Å². The molecule has 0 amide bonds. The van der Waals surface area contributed by atoms with Crippen LogP contribution in [0.5, 0.6) is 0 Å². The lowest BCUT2D eigenvalue weighted by atomic mass is 9.89. The number of Topliss-reactive ketones (excluding diaryl/α,β-unsaturated/α-hetero) is 1. The highest BCUT2D eigenvalue weighted by molar-refractivity contribution is 6.11. The Hall–Kier alpha value is -0.920. The van der Waals surface area contributed by atoms with Crippen molar-refractivity contribution in [3.05, 3.63) is 11.3 Å². The van der Waals surface area contributed by atoms with Gasteiger partial charge in [0.15, 0.2) is 5.78 Å². The molecule has 2 nitrogen and oxygen atoms in total. The predicted octanol–water partition coefficient (Wildman–Crippen LogP) is 2.25. The Morgan fingerprint density at radius 2 is 2.00 bits per heavy atom. The maximum atomic E-state index is 11.5. The normalized spacial score (nSPS) is 23.8. The standard InChI is InChI=1S/C10H13NO/c1-7-6-10(12)8-4-2-3-5-9(8)11-7/h2-6H2,1H3. The van der Waals surface area contributed by atoms with Gasteiger partial charge in [-0.15, -0.1) is 0 Å². The highest BCUT2D eigenvalue weighted by Gasteiger charge is 2.22. The van der Waals surface area contributed by atoms with Crippen molar-refractivity contribution in [3.63, 3.8) is 0 Å². The van der Waals surface area contributed by atoms with E-state index in [1.54, 1.807) is 0 Å². The first-order valence-corrected chi connectivity index (χ1v) is 4.57. The molecule has 0 radical (unpaired) electrons. The zero-order valence-corrected chi connectivity index (χ0v) is 7.39. The van der Waals surface area contributed by atoms with Gasteiger partial charge in [0.05, 0.1) is 0 Å². The molecule has 0 saturated heterocycles. The van der Waals surface area contributed by atoms with Gasteiger partial charge in [0.25, 0.3) is 0 Å². The minimum atomic E-state index is 0.317. The van der Waals surface area contributed by atoms with Crippen molar-refractivity contribution in [1.29, 1.82) is 0 Å². The van der Waals surface area contributed by atoms with Crippen LogP contribution in [0.25, 0.3) is 0 Å². The molecule has 0 bridgehead atoms. The Labute approximate surface area is 72.4 Å². The molecule has 0 aromatic carbocycles. The number of rotatable bonds is 0. The van der Waals surface area contributed by atoms with Crippen LogP contribution in [0.4, 0.5) is 0 Å². The second-order valence-corrected chi connectivity index (χ2v) is 3.58. The zero-order valence-electron chi connectivity index (χ0n) is 7.39. The molecule has 2 rings (SSSR count). The summed E-state index contributed by atoms with van der Waals surface area (Å²) in [5.41, 5.74) is 3.09. The fourth-order valence-corrected chi connectivity index (χ4v) is 1.92. The number of aliphatic imine (C=N–C) groups is 1. The van der Waals surface area contributed by atoms with Crippen LogP contribution in [0.3, 0.4) is 0 Å². The third-order valence-electron chi connectivity index (χ3n) is 2.52. The molecule has 0 aromatic heterocycles. The molecule has 64 valence electrons. The van der Waals surface area contributed by atoms with E-state index in [9.17, 15) is 4.79 Å². The monoisotopic (exact) mass is 163 g/mol. The van der Waals surface area contributed by atoms with Crippen molar-refractivity contribution in [3.8, 4) is 0 Å². The van der Waals surface area contributed by atoms with Gasteiger partial charge in [-0.3, -0.25) is 9.79 Å². The second-order valence-electron chi connectivity index (χ2n) is 3.58. The van der Waals surface area contributed by atoms with Gasteiger partial charge in [0.2, 0.25) is 0 Å². The smallest absolute Gasteiger partial charge is 0.166 e. The third kappa shape index (κ3) is 1.22. The van der Waals surface area contributed by atoms with Crippen molar-refractivity contribution in [2.45, 2.75) is 39.0 Å². The lowest BCUT2D eigenvalue weighted by Gasteiger charge is -2.20. The number of nitrogens with zero attached hydrogens (tertiary/aromatic N) is 1. The average molecular weight is 163 g/mol. The minimum absolute atomic E-state index is 0.317.